The van der Waals surface area contributed by atoms with Crippen LogP contribution < -0.4 is 4.74 Å². The van der Waals surface area contributed by atoms with Gasteiger partial charge in [0.1, 0.15) is 18.1 Å². The molecule has 0 atom stereocenters. The molecule has 2 rings (SSSR count). The quantitative estimate of drug-likeness (QED) is 0.827. The molecule has 0 saturated carbocycles. The number of phenols is 1. The van der Waals surface area contributed by atoms with Crippen LogP contribution >= 0.6 is 0 Å². The maximum Gasteiger partial charge on any atom is 0.130 e. The summed E-state index contributed by atoms with van der Waals surface area (Å²) >= 11 is 0. The molecule has 4 heteroatoms. The van der Waals surface area contributed by atoms with Crippen LogP contribution in [0, 0.1) is 0 Å². The molecule has 0 unspecified atom stereocenters. The maximum atomic E-state index is 9.23. The largest absolute Gasteiger partial charge is 0.508 e. The van der Waals surface area contributed by atoms with E-state index in [9.17, 15) is 5.11 Å². The molecular formula is C11H12N2O2. The molecule has 2 aromatic rings. The Balaban J connectivity index is 2.02. The molecular weight excluding hydrogens is 192 g/mol. The second-order valence-corrected chi connectivity index (χ2v) is 3.28. The third kappa shape index (κ3) is 2.28. The number of nitrogens with zero attached hydrogens (tertiary/aromatic N) is 2. The number of hydrogen-bond acceptors (Lipinski definition) is 3. The molecule has 1 aromatic heterocycles. The number of aryl methyl sites for hydroxylation is 1. The van der Waals surface area contributed by atoms with Gasteiger partial charge in [0.05, 0.1) is 18.2 Å². The Morgan fingerprint density at radius 2 is 2.33 bits per heavy atom. The molecule has 0 saturated heterocycles. The number of aromatic hydroxyl groups is 1. The highest BCUT2D eigenvalue weighted by Crippen LogP contribution is 2.18. The lowest BCUT2D eigenvalue weighted by Gasteiger charge is -2.06. The topological polar surface area (TPSA) is 47.3 Å². The van der Waals surface area contributed by atoms with E-state index in [1.165, 1.54) is 0 Å². The van der Waals surface area contributed by atoms with Crippen LogP contribution in [0.15, 0.2) is 36.8 Å². The van der Waals surface area contributed by atoms with Crippen molar-refractivity contribution in [2.45, 2.75) is 6.61 Å². The van der Waals surface area contributed by atoms with Gasteiger partial charge in [-0.05, 0) is 12.1 Å². The molecule has 15 heavy (non-hydrogen) atoms. The Morgan fingerprint density at radius 1 is 1.47 bits per heavy atom. The van der Waals surface area contributed by atoms with Crippen molar-refractivity contribution >= 4 is 0 Å². The number of aromatic nitrogens is 2. The second kappa shape index (κ2) is 4.04. The SMILES string of the molecule is Cn1cncc1COc1cccc(O)c1. The zero-order chi connectivity index (χ0) is 10.7. The van der Waals surface area contributed by atoms with Crippen molar-refractivity contribution in [1.82, 2.24) is 9.55 Å². The van der Waals surface area contributed by atoms with Gasteiger partial charge in [-0.15, -0.1) is 0 Å². The van der Waals surface area contributed by atoms with Gasteiger partial charge in [0.2, 0.25) is 0 Å². The molecule has 1 N–H and O–H groups in total. The first kappa shape index (κ1) is 9.58. The van der Waals surface area contributed by atoms with Crippen LogP contribution in [-0.2, 0) is 13.7 Å². The van der Waals surface area contributed by atoms with Gasteiger partial charge in [-0.25, -0.2) is 4.98 Å². The van der Waals surface area contributed by atoms with Crippen LogP contribution in [0.2, 0.25) is 0 Å². The number of ether oxygens (including phenoxy) is 1. The summed E-state index contributed by atoms with van der Waals surface area (Å²) < 4.78 is 7.38. The lowest BCUT2D eigenvalue weighted by atomic mass is 10.3. The number of hydrogen-bond donors (Lipinski definition) is 1. The first-order valence-electron chi connectivity index (χ1n) is 4.63. The summed E-state index contributed by atoms with van der Waals surface area (Å²) in [5.74, 6) is 0.855. The summed E-state index contributed by atoms with van der Waals surface area (Å²) in [7, 11) is 1.91. The Kier molecular flexibility index (Phi) is 2.58. The second-order valence-electron chi connectivity index (χ2n) is 3.28. The van der Waals surface area contributed by atoms with Crippen molar-refractivity contribution in [1.29, 1.82) is 0 Å². The zero-order valence-corrected chi connectivity index (χ0v) is 8.42. The molecule has 0 spiro atoms. The fourth-order valence-electron chi connectivity index (χ4n) is 1.25. The third-order valence-corrected chi connectivity index (χ3v) is 2.12. The van der Waals surface area contributed by atoms with Crippen LogP contribution in [0.1, 0.15) is 5.69 Å². The van der Waals surface area contributed by atoms with Crippen LogP contribution in [0.4, 0.5) is 0 Å². The standard InChI is InChI=1S/C11H12N2O2/c1-13-8-12-6-9(13)7-15-11-4-2-3-10(14)5-11/h2-6,8,14H,7H2,1H3. The summed E-state index contributed by atoms with van der Waals surface area (Å²) in [5, 5.41) is 9.23. The minimum absolute atomic E-state index is 0.206. The summed E-state index contributed by atoms with van der Waals surface area (Å²) in [6, 6.07) is 6.73. The smallest absolute Gasteiger partial charge is 0.130 e. The van der Waals surface area contributed by atoms with E-state index in [4.69, 9.17) is 4.74 Å². The third-order valence-electron chi connectivity index (χ3n) is 2.12. The van der Waals surface area contributed by atoms with E-state index >= 15 is 0 Å². The van der Waals surface area contributed by atoms with E-state index in [-0.39, 0.29) is 5.75 Å². The van der Waals surface area contributed by atoms with E-state index in [1.54, 1.807) is 36.8 Å². The van der Waals surface area contributed by atoms with Crippen molar-refractivity contribution in [2.24, 2.45) is 7.05 Å². The number of phenolic OH excluding ortho intramolecular Hbond substituents is 1. The summed E-state index contributed by atoms with van der Waals surface area (Å²) in [4.78, 5) is 3.99. The fraction of sp³-hybridized carbons (Fsp3) is 0.182. The highest BCUT2D eigenvalue weighted by Gasteiger charge is 2.00. The molecule has 1 heterocycles. The highest BCUT2D eigenvalue weighted by atomic mass is 16.5. The van der Waals surface area contributed by atoms with Crippen molar-refractivity contribution in [3.63, 3.8) is 0 Å². The molecule has 0 fully saturated rings. The van der Waals surface area contributed by atoms with Crippen LogP contribution in [-0.4, -0.2) is 14.7 Å². The predicted octanol–water partition coefficient (Wildman–Crippen LogP) is 1.70. The van der Waals surface area contributed by atoms with Gasteiger partial charge in [0.25, 0.3) is 0 Å². The predicted molar refractivity (Wildman–Crippen MR) is 55.6 cm³/mol. The van der Waals surface area contributed by atoms with Gasteiger partial charge in [-0.1, -0.05) is 6.07 Å². The van der Waals surface area contributed by atoms with Gasteiger partial charge < -0.3 is 14.4 Å². The monoisotopic (exact) mass is 204 g/mol. The molecule has 4 nitrogen and oxygen atoms in total. The van der Waals surface area contributed by atoms with Crippen molar-refractivity contribution in [3.8, 4) is 11.5 Å². The average Bonchev–Trinajstić information content (AvgIpc) is 2.61. The highest BCUT2D eigenvalue weighted by molar-refractivity contribution is 5.31. The van der Waals surface area contributed by atoms with E-state index in [0.29, 0.717) is 12.4 Å². The minimum atomic E-state index is 0.206. The normalized spacial score (nSPS) is 10.2. The zero-order valence-electron chi connectivity index (χ0n) is 8.42. The van der Waals surface area contributed by atoms with Crippen LogP contribution in [0.5, 0.6) is 11.5 Å². The Bertz CT molecular complexity index is 451. The number of imidazole rings is 1. The van der Waals surface area contributed by atoms with Gasteiger partial charge in [-0.3, -0.25) is 0 Å². The molecule has 0 radical (unpaired) electrons. The van der Waals surface area contributed by atoms with Crippen molar-refractivity contribution < 1.29 is 9.84 Å². The summed E-state index contributed by atoms with van der Waals surface area (Å²) in [5.41, 5.74) is 0.985. The maximum absolute atomic E-state index is 9.23. The Labute approximate surface area is 87.8 Å². The summed E-state index contributed by atoms with van der Waals surface area (Å²) in [6.45, 7) is 0.444. The molecule has 1 aromatic carbocycles. The van der Waals surface area contributed by atoms with Gasteiger partial charge >= 0.3 is 0 Å². The van der Waals surface area contributed by atoms with Crippen LogP contribution in [0.3, 0.4) is 0 Å². The molecule has 0 amide bonds. The molecule has 0 bridgehead atoms. The molecule has 0 aliphatic rings. The van der Waals surface area contributed by atoms with Crippen molar-refractivity contribution in [3.05, 3.63) is 42.5 Å². The van der Waals surface area contributed by atoms with Gasteiger partial charge in [-0.2, -0.15) is 0 Å². The van der Waals surface area contributed by atoms with E-state index in [0.717, 1.165) is 5.69 Å². The molecule has 0 aliphatic carbocycles. The lowest BCUT2D eigenvalue weighted by molar-refractivity contribution is 0.295. The average molecular weight is 204 g/mol. The number of benzene rings is 1. The van der Waals surface area contributed by atoms with E-state index < -0.39 is 0 Å². The Morgan fingerprint density at radius 3 is 3.00 bits per heavy atom. The van der Waals surface area contributed by atoms with Gasteiger partial charge in [0.15, 0.2) is 0 Å². The molecule has 78 valence electrons. The summed E-state index contributed by atoms with van der Waals surface area (Å²) in [6.07, 6.45) is 3.48. The van der Waals surface area contributed by atoms with E-state index in [1.807, 2.05) is 11.6 Å². The van der Waals surface area contributed by atoms with Gasteiger partial charge in [0, 0.05) is 13.1 Å². The van der Waals surface area contributed by atoms with Crippen LogP contribution in [0.25, 0.3) is 0 Å². The lowest BCUT2D eigenvalue weighted by Crippen LogP contribution is -2.00. The van der Waals surface area contributed by atoms with E-state index in [2.05, 4.69) is 4.98 Å². The first-order valence-corrected chi connectivity index (χ1v) is 4.63. The van der Waals surface area contributed by atoms with Crippen molar-refractivity contribution in [2.75, 3.05) is 0 Å². The molecule has 0 aliphatic heterocycles. The minimum Gasteiger partial charge on any atom is -0.508 e. The number of rotatable bonds is 3. The Hall–Kier alpha value is -1.97. The first-order chi connectivity index (χ1) is 7.25. The fourth-order valence-corrected chi connectivity index (χ4v) is 1.25.